The lowest BCUT2D eigenvalue weighted by atomic mass is 10.1. The van der Waals surface area contributed by atoms with Crippen molar-refractivity contribution in [1.29, 1.82) is 0 Å². The highest BCUT2D eigenvalue weighted by Crippen LogP contribution is 2.12. The number of hydrogen-bond donors (Lipinski definition) is 3. The van der Waals surface area contributed by atoms with E-state index in [0.29, 0.717) is 25.6 Å². The topological polar surface area (TPSA) is 64.6 Å². The molecular formula is C16H27N3O2. The van der Waals surface area contributed by atoms with Gasteiger partial charge in [-0.2, -0.15) is 0 Å². The maximum Gasteiger partial charge on any atom is 0.315 e. The summed E-state index contributed by atoms with van der Waals surface area (Å²) in [5, 5.41) is 14.2. The van der Waals surface area contributed by atoms with Crippen LogP contribution in [0.5, 0.6) is 0 Å². The lowest BCUT2D eigenvalue weighted by molar-refractivity contribution is 0.237. The van der Waals surface area contributed by atoms with Crippen molar-refractivity contribution in [3.05, 3.63) is 35.4 Å². The van der Waals surface area contributed by atoms with Crippen LogP contribution in [0.1, 0.15) is 31.4 Å². The average Bonchev–Trinajstić information content (AvgIpc) is 2.46. The Bertz CT molecular complexity index is 435. The molecule has 2 amide bonds. The highest BCUT2D eigenvalue weighted by molar-refractivity contribution is 5.73. The lowest BCUT2D eigenvalue weighted by Gasteiger charge is -2.22. The SMILES string of the molecule is CC(C)N(C)Cc1ccccc1CNC(=O)NCCCO. The van der Waals surface area contributed by atoms with Crippen LogP contribution in [-0.2, 0) is 13.1 Å². The number of urea groups is 1. The molecule has 0 aliphatic rings. The molecule has 0 aliphatic heterocycles. The fraction of sp³-hybridized carbons (Fsp3) is 0.562. The van der Waals surface area contributed by atoms with Crippen LogP contribution in [-0.4, -0.2) is 42.3 Å². The summed E-state index contributed by atoms with van der Waals surface area (Å²) >= 11 is 0. The number of aliphatic hydroxyl groups excluding tert-OH is 1. The number of amides is 2. The smallest absolute Gasteiger partial charge is 0.315 e. The van der Waals surface area contributed by atoms with Crippen molar-refractivity contribution in [2.75, 3.05) is 20.2 Å². The standard InChI is InChI=1S/C16H27N3O2/c1-13(2)19(3)12-15-8-5-4-7-14(15)11-18-16(21)17-9-6-10-20/h4-5,7-8,13,20H,6,9-12H2,1-3H3,(H2,17,18,21). The van der Waals surface area contributed by atoms with Crippen LogP contribution < -0.4 is 10.6 Å². The summed E-state index contributed by atoms with van der Waals surface area (Å²) < 4.78 is 0. The van der Waals surface area contributed by atoms with Crippen LogP contribution in [0, 0.1) is 0 Å². The summed E-state index contributed by atoms with van der Waals surface area (Å²) in [5.74, 6) is 0. The largest absolute Gasteiger partial charge is 0.396 e. The number of nitrogens with one attached hydrogen (secondary N) is 2. The molecular weight excluding hydrogens is 266 g/mol. The maximum absolute atomic E-state index is 11.6. The first-order chi connectivity index (χ1) is 10.0. The Labute approximate surface area is 127 Å². The number of benzene rings is 1. The summed E-state index contributed by atoms with van der Waals surface area (Å²) in [5.41, 5.74) is 2.35. The van der Waals surface area contributed by atoms with Gasteiger partial charge in [-0.25, -0.2) is 4.79 Å². The summed E-state index contributed by atoms with van der Waals surface area (Å²) in [6.45, 7) is 6.27. The molecule has 0 saturated carbocycles. The molecule has 0 heterocycles. The number of nitrogens with zero attached hydrogens (tertiary/aromatic N) is 1. The Morgan fingerprint density at radius 2 is 1.90 bits per heavy atom. The van der Waals surface area contributed by atoms with Gasteiger partial charge in [-0.15, -0.1) is 0 Å². The molecule has 0 unspecified atom stereocenters. The molecule has 5 nitrogen and oxygen atoms in total. The van der Waals surface area contributed by atoms with Crippen LogP contribution >= 0.6 is 0 Å². The zero-order valence-electron chi connectivity index (χ0n) is 13.2. The molecule has 0 saturated heterocycles. The van der Waals surface area contributed by atoms with Gasteiger partial charge < -0.3 is 15.7 Å². The number of carbonyl (C=O) groups is 1. The number of hydrogen-bond acceptors (Lipinski definition) is 3. The summed E-state index contributed by atoms with van der Waals surface area (Å²) in [6.07, 6.45) is 0.573. The molecule has 0 aromatic heterocycles. The minimum Gasteiger partial charge on any atom is -0.396 e. The fourth-order valence-corrected chi connectivity index (χ4v) is 1.85. The molecule has 0 fully saturated rings. The van der Waals surface area contributed by atoms with E-state index in [9.17, 15) is 4.79 Å². The molecule has 0 aliphatic carbocycles. The van der Waals surface area contributed by atoms with Gasteiger partial charge in [-0.1, -0.05) is 24.3 Å². The number of carbonyl (C=O) groups excluding carboxylic acids is 1. The van der Waals surface area contributed by atoms with E-state index in [2.05, 4.69) is 42.5 Å². The van der Waals surface area contributed by atoms with Crippen molar-refractivity contribution in [2.45, 2.75) is 39.4 Å². The molecule has 1 rings (SSSR count). The van der Waals surface area contributed by atoms with Gasteiger partial charge in [0.15, 0.2) is 0 Å². The molecule has 3 N–H and O–H groups in total. The highest BCUT2D eigenvalue weighted by atomic mass is 16.3. The Morgan fingerprint density at radius 1 is 1.24 bits per heavy atom. The third-order valence-electron chi connectivity index (χ3n) is 3.48. The van der Waals surface area contributed by atoms with Gasteiger partial charge in [0.2, 0.25) is 0 Å². The molecule has 5 heteroatoms. The van der Waals surface area contributed by atoms with E-state index in [-0.39, 0.29) is 12.6 Å². The predicted molar refractivity (Wildman–Crippen MR) is 85.0 cm³/mol. The zero-order chi connectivity index (χ0) is 15.7. The van der Waals surface area contributed by atoms with Crippen molar-refractivity contribution in [3.8, 4) is 0 Å². The van der Waals surface area contributed by atoms with Crippen LogP contribution in [0.15, 0.2) is 24.3 Å². The third-order valence-corrected chi connectivity index (χ3v) is 3.48. The second-order valence-corrected chi connectivity index (χ2v) is 5.46. The van der Waals surface area contributed by atoms with Crippen molar-refractivity contribution < 1.29 is 9.90 Å². The van der Waals surface area contributed by atoms with Gasteiger partial charge in [-0.05, 0) is 38.4 Å². The Balaban J connectivity index is 2.53. The van der Waals surface area contributed by atoms with Gasteiger partial charge in [-0.3, -0.25) is 4.90 Å². The van der Waals surface area contributed by atoms with Crippen LogP contribution in [0.2, 0.25) is 0 Å². The van der Waals surface area contributed by atoms with Crippen molar-refractivity contribution >= 4 is 6.03 Å². The maximum atomic E-state index is 11.6. The summed E-state index contributed by atoms with van der Waals surface area (Å²) in [7, 11) is 2.09. The predicted octanol–water partition coefficient (Wildman–Crippen LogP) is 1.71. The average molecular weight is 293 g/mol. The lowest BCUT2D eigenvalue weighted by Crippen LogP contribution is -2.36. The van der Waals surface area contributed by atoms with E-state index in [4.69, 9.17) is 5.11 Å². The first-order valence-electron chi connectivity index (χ1n) is 7.44. The van der Waals surface area contributed by atoms with Gasteiger partial charge in [0.1, 0.15) is 0 Å². The Hall–Kier alpha value is -1.59. The quantitative estimate of drug-likeness (QED) is 0.639. The Morgan fingerprint density at radius 3 is 2.52 bits per heavy atom. The van der Waals surface area contributed by atoms with E-state index in [1.165, 1.54) is 5.56 Å². The highest BCUT2D eigenvalue weighted by Gasteiger charge is 2.08. The zero-order valence-corrected chi connectivity index (χ0v) is 13.2. The van der Waals surface area contributed by atoms with E-state index >= 15 is 0 Å². The van der Waals surface area contributed by atoms with Crippen molar-refractivity contribution in [2.24, 2.45) is 0 Å². The van der Waals surface area contributed by atoms with E-state index in [1.54, 1.807) is 0 Å². The molecule has 1 aromatic carbocycles. The molecule has 21 heavy (non-hydrogen) atoms. The summed E-state index contributed by atoms with van der Waals surface area (Å²) in [4.78, 5) is 13.9. The minimum absolute atomic E-state index is 0.0879. The first kappa shape index (κ1) is 17.5. The van der Waals surface area contributed by atoms with E-state index in [0.717, 1.165) is 12.1 Å². The van der Waals surface area contributed by atoms with Crippen LogP contribution in [0.25, 0.3) is 0 Å². The third kappa shape index (κ3) is 6.60. The molecule has 1 aromatic rings. The van der Waals surface area contributed by atoms with Crippen molar-refractivity contribution in [1.82, 2.24) is 15.5 Å². The van der Waals surface area contributed by atoms with Gasteiger partial charge >= 0.3 is 6.03 Å². The van der Waals surface area contributed by atoms with Crippen LogP contribution in [0.4, 0.5) is 4.79 Å². The number of rotatable bonds is 8. The van der Waals surface area contributed by atoms with Crippen molar-refractivity contribution in [3.63, 3.8) is 0 Å². The number of aliphatic hydroxyl groups is 1. The molecule has 0 spiro atoms. The molecule has 0 atom stereocenters. The van der Waals surface area contributed by atoms with E-state index < -0.39 is 0 Å². The van der Waals surface area contributed by atoms with Crippen LogP contribution in [0.3, 0.4) is 0 Å². The van der Waals surface area contributed by atoms with E-state index in [1.807, 2.05) is 18.2 Å². The second-order valence-electron chi connectivity index (χ2n) is 5.46. The molecule has 118 valence electrons. The monoisotopic (exact) mass is 293 g/mol. The van der Waals surface area contributed by atoms with Gasteiger partial charge in [0.05, 0.1) is 0 Å². The summed E-state index contributed by atoms with van der Waals surface area (Å²) in [6, 6.07) is 8.42. The van der Waals surface area contributed by atoms with Gasteiger partial charge in [0.25, 0.3) is 0 Å². The second kappa shape index (κ2) is 9.37. The first-order valence-corrected chi connectivity index (χ1v) is 7.44. The van der Waals surface area contributed by atoms with Gasteiger partial charge in [0, 0.05) is 32.3 Å². The fourth-order valence-electron chi connectivity index (χ4n) is 1.85. The minimum atomic E-state index is -0.199. The molecule has 0 radical (unpaired) electrons. The Kier molecular flexibility index (Phi) is 7.79. The molecule has 0 bridgehead atoms. The normalized spacial score (nSPS) is 11.0.